The monoisotopic (exact) mass is 384 g/mol. The minimum Gasteiger partial charge on any atom is -0.469 e. The Morgan fingerprint density at radius 1 is 1.18 bits per heavy atom. The summed E-state index contributed by atoms with van der Waals surface area (Å²) >= 11 is 0. The van der Waals surface area contributed by atoms with Crippen LogP contribution in [-0.2, 0) is 14.3 Å². The molecule has 6 heteroatoms. The van der Waals surface area contributed by atoms with Crippen LogP contribution < -0.4 is 0 Å². The molecule has 0 N–H and O–H groups in total. The summed E-state index contributed by atoms with van der Waals surface area (Å²) in [5.74, 6) is -0.376. The summed E-state index contributed by atoms with van der Waals surface area (Å²) in [6.07, 6.45) is 7.81. The van der Waals surface area contributed by atoms with Crippen LogP contribution in [-0.4, -0.2) is 41.6 Å². The smallest absolute Gasteiger partial charge is 0.314 e. The van der Waals surface area contributed by atoms with Gasteiger partial charge in [-0.15, -0.1) is 0 Å². The lowest BCUT2D eigenvalue weighted by Crippen LogP contribution is -2.39. The number of aromatic nitrogens is 2. The number of carbonyl (C=O) groups is 2. The normalized spacial score (nSPS) is 17.1. The van der Waals surface area contributed by atoms with E-state index in [1.54, 1.807) is 12.5 Å². The number of ketones is 1. The van der Waals surface area contributed by atoms with Gasteiger partial charge in [0.05, 0.1) is 37.7 Å². The van der Waals surface area contributed by atoms with Crippen molar-refractivity contribution in [2.75, 3.05) is 20.3 Å². The molecule has 150 valence electrons. The molecule has 1 heterocycles. The van der Waals surface area contributed by atoms with Crippen molar-refractivity contribution in [1.82, 2.24) is 9.55 Å². The molecule has 2 aromatic rings. The fourth-order valence-corrected chi connectivity index (χ4v) is 3.99. The number of hydrogen-bond acceptors (Lipinski definition) is 5. The first-order valence-corrected chi connectivity index (χ1v) is 9.83. The number of methoxy groups -OCH3 is 1. The topological polar surface area (TPSA) is 70.4 Å². The average Bonchev–Trinajstić information content (AvgIpc) is 3.24. The van der Waals surface area contributed by atoms with Crippen LogP contribution >= 0.6 is 0 Å². The average molecular weight is 384 g/mol. The fourth-order valence-electron chi connectivity index (χ4n) is 3.99. The Morgan fingerprint density at radius 3 is 2.57 bits per heavy atom. The first-order valence-electron chi connectivity index (χ1n) is 9.83. The molecule has 0 bridgehead atoms. The number of esters is 1. The maximum absolute atomic E-state index is 12.7. The third kappa shape index (κ3) is 4.33. The van der Waals surface area contributed by atoms with Gasteiger partial charge in [-0.2, -0.15) is 0 Å². The van der Waals surface area contributed by atoms with Crippen molar-refractivity contribution in [2.45, 2.75) is 45.1 Å². The standard InChI is InChI=1S/C22H28N2O4/c1-17(18-9-5-3-6-10-18)24-16-23-13-19(24)20(25)14-28-15-22(21(26)27-2)11-7-4-8-12-22/h3,5-6,9-10,13,16-17H,4,7-8,11-12,14-15H2,1-2H3/t17-/m1/s1. The number of imidazole rings is 1. The van der Waals surface area contributed by atoms with Crippen LogP contribution in [0.3, 0.4) is 0 Å². The van der Waals surface area contributed by atoms with Crippen LogP contribution in [0.4, 0.5) is 0 Å². The molecule has 0 radical (unpaired) electrons. The predicted molar refractivity (Wildman–Crippen MR) is 105 cm³/mol. The summed E-state index contributed by atoms with van der Waals surface area (Å²) in [6, 6.07) is 9.96. The Morgan fingerprint density at radius 2 is 1.89 bits per heavy atom. The Balaban J connectivity index is 1.64. The van der Waals surface area contributed by atoms with E-state index < -0.39 is 5.41 Å². The first-order chi connectivity index (χ1) is 13.6. The molecular formula is C22H28N2O4. The molecule has 0 spiro atoms. The Kier molecular flexibility index (Phi) is 6.62. The largest absolute Gasteiger partial charge is 0.469 e. The van der Waals surface area contributed by atoms with Gasteiger partial charge in [0.15, 0.2) is 0 Å². The van der Waals surface area contributed by atoms with E-state index >= 15 is 0 Å². The minimum atomic E-state index is -0.620. The second-order valence-electron chi connectivity index (χ2n) is 7.52. The van der Waals surface area contributed by atoms with E-state index in [0.29, 0.717) is 5.69 Å². The zero-order chi connectivity index (χ0) is 20.0. The second-order valence-corrected chi connectivity index (χ2v) is 7.52. The third-order valence-electron chi connectivity index (χ3n) is 5.69. The van der Waals surface area contributed by atoms with E-state index in [0.717, 1.165) is 37.7 Å². The van der Waals surface area contributed by atoms with Gasteiger partial charge in [-0.1, -0.05) is 49.6 Å². The summed E-state index contributed by atoms with van der Waals surface area (Å²) in [6.45, 7) is 2.17. The highest BCUT2D eigenvalue weighted by Gasteiger charge is 2.41. The molecule has 1 aromatic carbocycles. The zero-order valence-electron chi connectivity index (χ0n) is 16.6. The quantitative estimate of drug-likeness (QED) is 0.511. The Hall–Kier alpha value is -2.47. The highest BCUT2D eigenvalue weighted by molar-refractivity contribution is 5.95. The van der Waals surface area contributed by atoms with Crippen LogP contribution in [0.5, 0.6) is 0 Å². The minimum absolute atomic E-state index is 0.0117. The summed E-state index contributed by atoms with van der Waals surface area (Å²) in [7, 11) is 1.41. The number of hydrogen-bond donors (Lipinski definition) is 0. The summed E-state index contributed by atoms with van der Waals surface area (Å²) in [5.41, 5.74) is 0.986. The highest BCUT2D eigenvalue weighted by Crippen LogP contribution is 2.37. The van der Waals surface area contributed by atoms with Crippen molar-refractivity contribution in [1.29, 1.82) is 0 Å². The van der Waals surface area contributed by atoms with Gasteiger partial charge in [0.2, 0.25) is 5.78 Å². The van der Waals surface area contributed by atoms with E-state index in [1.807, 2.05) is 41.8 Å². The van der Waals surface area contributed by atoms with Crippen molar-refractivity contribution in [3.8, 4) is 0 Å². The molecule has 0 amide bonds. The van der Waals surface area contributed by atoms with Gasteiger partial charge in [0.1, 0.15) is 12.3 Å². The van der Waals surface area contributed by atoms with Gasteiger partial charge < -0.3 is 14.0 Å². The highest BCUT2D eigenvalue weighted by atomic mass is 16.5. The predicted octanol–water partition coefficient (Wildman–Crippen LogP) is 3.82. The van der Waals surface area contributed by atoms with Crippen LogP contribution in [0.15, 0.2) is 42.9 Å². The molecular weight excluding hydrogens is 356 g/mol. The van der Waals surface area contributed by atoms with Crippen molar-refractivity contribution < 1.29 is 19.1 Å². The third-order valence-corrected chi connectivity index (χ3v) is 5.69. The van der Waals surface area contributed by atoms with E-state index in [2.05, 4.69) is 4.98 Å². The van der Waals surface area contributed by atoms with Gasteiger partial charge in [0.25, 0.3) is 0 Å². The molecule has 0 aliphatic heterocycles. The van der Waals surface area contributed by atoms with Crippen LogP contribution in [0.2, 0.25) is 0 Å². The molecule has 1 atom stereocenters. The van der Waals surface area contributed by atoms with Crippen molar-refractivity contribution >= 4 is 11.8 Å². The Bertz CT molecular complexity index is 794. The number of Topliss-reactive ketones (excluding diaryl/α,β-unsaturated/α-hetero) is 1. The molecule has 1 aliphatic rings. The molecule has 0 unspecified atom stereocenters. The molecule has 1 saturated carbocycles. The maximum atomic E-state index is 12.7. The van der Waals surface area contributed by atoms with Crippen molar-refractivity contribution in [2.24, 2.45) is 5.41 Å². The number of nitrogens with zero attached hydrogens (tertiary/aromatic N) is 2. The molecule has 3 rings (SSSR count). The number of rotatable bonds is 8. The molecule has 1 fully saturated rings. The van der Waals surface area contributed by atoms with Gasteiger partial charge in [-0.25, -0.2) is 4.98 Å². The summed E-state index contributed by atoms with van der Waals surface area (Å²) in [4.78, 5) is 29.2. The molecule has 6 nitrogen and oxygen atoms in total. The van der Waals surface area contributed by atoms with Crippen molar-refractivity contribution in [3.63, 3.8) is 0 Å². The molecule has 1 aromatic heterocycles. The number of carbonyl (C=O) groups excluding carboxylic acids is 2. The van der Waals surface area contributed by atoms with Crippen LogP contribution in [0, 0.1) is 5.41 Å². The lowest BCUT2D eigenvalue weighted by molar-refractivity contribution is -0.159. The fraction of sp³-hybridized carbons (Fsp3) is 0.500. The Labute approximate surface area is 165 Å². The van der Waals surface area contributed by atoms with E-state index in [9.17, 15) is 9.59 Å². The molecule has 1 aliphatic carbocycles. The molecule has 28 heavy (non-hydrogen) atoms. The van der Waals surface area contributed by atoms with Crippen molar-refractivity contribution in [3.05, 3.63) is 54.1 Å². The van der Waals surface area contributed by atoms with Gasteiger partial charge >= 0.3 is 5.97 Å². The van der Waals surface area contributed by atoms with E-state index in [1.165, 1.54) is 7.11 Å². The van der Waals surface area contributed by atoms with Gasteiger partial charge in [-0.05, 0) is 25.3 Å². The summed E-state index contributed by atoms with van der Waals surface area (Å²) in [5, 5.41) is 0. The number of ether oxygens (including phenoxy) is 2. The lowest BCUT2D eigenvalue weighted by Gasteiger charge is -2.33. The van der Waals surface area contributed by atoms with Crippen LogP contribution in [0.1, 0.15) is 61.1 Å². The number of benzene rings is 1. The van der Waals surface area contributed by atoms with E-state index in [-0.39, 0.29) is 31.0 Å². The summed E-state index contributed by atoms with van der Waals surface area (Å²) < 4.78 is 12.6. The zero-order valence-corrected chi connectivity index (χ0v) is 16.6. The SMILES string of the molecule is COC(=O)C1(COCC(=O)c2cncn2[C@H](C)c2ccccc2)CCCCC1. The van der Waals surface area contributed by atoms with Crippen LogP contribution in [0.25, 0.3) is 0 Å². The maximum Gasteiger partial charge on any atom is 0.314 e. The second kappa shape index (κ2) is 9.15. The first kappa shape index (κ1) is 20.3. The lowest BCUT2D eigenvalue weighted by atomic mass is 9.74. The molecule has 0 saturated heterocycles. The van der Waals surface area contributed by atoms with Gasteiger partial charge in [0, 0.05) is 0 Å². The van der Waals surface area contributed by atoms with Gasteiger partial charge in [-0.3, -0.25) is 9.59 Å². The van der Waals surface area contributed by atoms with E-state index in [4.69, 9.17) is 9.47 Å².